The van der Waals surface area contributed by atoms with Gasteiger partial charge in [0.25, 0.3) is 0 Å². The van der Waals surface area contributed by atoms with Crippen molar-refractivity contribution in [1.29, 1.82) is 5.26 Å². The first kappa shape index (κ1) is 9.72. The van der Waals surface area contributed by atoms with Crippen molar-refractivity contribution < 1.29 is 4.79 Å². The van der Waals surface area contributed by atoms with E-state index in [1.54, 1.807) is 0 Å². The van der Waals surface area contributed by atoms with E-state index in [-0.39, 0.29) is 0 Å². The molecule has 0 saturated heterocycles. The summed E-state index contributed by atoms with van der Waals surface area (Å²) in [5.41, 5.74) is 3.88. The lowest BCUT2D eigenvalue weighted by molar-refractivity contribution is -0.116. The van der Waals surface area contributed by atoms with E-state index in [1.807, 2.05) is 6.07 Å². The molecule has 76 valence electrons. The predicted octanol–water partition coefficient (Wildman–Crippen LogP) is 1.32. The minimum Gasteiger partial charge on any atom is -0.339 e. The average Bonchev–Trinajstić information content (AvgIpc) is 2.72. The average molecular weight is 200 g/mol. The summed E-state index contributed by atoms with van der Waals surface area (Å²) in [6.45, 7) is 0.444. The number of aryl methyl sites for hydroxylation is 2. The number of rotatable bonds is 2. The lowest BCUT2D eigenvalue weighted by Gasteiger charge is -2.04. The molecule has 1 aromatic carbocycles. The Labute approximate surface area is 88.7 Å². The van der Waals surface area contributed by atoms with Gasteiger partial charge in [-0.25, -0.2) is 0 Å². The third-order valence-corrected chi connectivity index (χ3v) is 2.72. The Morgan fingerprint density at radius 3 is 3.00 bits per heavy atom. The number of amides is 1. The Morgan fingerprint density at radius 1 is 1.40 bits per heavy atom. The highest BCUT2D eigenvalue weighted by Crippen LogP contribution is 2.22. The molecule has 1 aliphatic rings. The second-order valence-electron chi connectivity index (χ2n) is 3.75. The lowest BCUT2D eigenvalue weighted by Crippen LogP contribution is -2.20. The molecule has 0 radical (unpaired) electrons. The fourth-order valence-corrected chi connectivity index (χ4v) is 1.96. The summed E-state index contributed by atoms with van der Waals surface area (Å²) < 4.78 is 0. The number of nitrogens with zero attached hydrogens (tertiary/aromatic N) is 1. The zero-order valence-corrected chi connectivity index (χ0v) is 8.42. The van der Waals surface area contributed by atoms with Gasteiger partial charge in [0.1, 0.15) is 0 Å². The van der Waals surface area contributed by atoms with Crippen LogP contribution < -0.4 is 5.32 Å². The molecule has 0 bridgehead atoms. The van der Waals surface area contributed by atoms with E-state index < -0.39 is 5.91 Å². The number of nitriles is 1. The Morgan fingerprint density at radius 2 is 2.20 bits per heavy atom. The minimum absolute atomic E-state index is 0.444. The van der Waals surface area contributed by atoms with Crippen molar-refractivity contribution in [2.45, 2.75) is 25.8 Å². The summed E-state index contributed by atoms with van der Waals surface area (Å²) in [6, 6.07) is 7.80. The molecule has 0 heterocycles. The van der Waals surface area contributed by atoms with Crippen LogP contribution in [0.25, 0.3) is 0 Å². The number of hydrogen-bond donors (Lipinski definition) is 1. The van der Waals surface area contributed by atoms with Gasteiger partial charge in [-0.2, -0.15) is 5.26 Å². The fraction of sp³-hybridized carbons (Fsp3) is 0.333. The van der Waals surface area contributed by atoms with Crippen LogP contribution in [-0.2, 0) is 24.2 Å². The van der Waals surface area contributed by atoms with Gasteiger partial charge < -0.3 is 5.32 Å². The number of carbonyl (C=O) groups excluding carboxylic acids is 1. The van der Waals surface area contributed by atoms with Crippen LogP contribution in [0.1, 0.15) is 23.1 Å². The second-order valence-corrected chi connectivity index (χ2v) is 3.75. The highest BCUT2D eigenvalue weighted by Gasteiger charge is 2.10. The molecule has 3 heteroatoms. The Bertz CT molecular complexity index is 432. The molecule has 0 saturated carbocycles. The minimum atomic E-state index is -0.574. The van der Waals surface area contributed by atoms with Crippen LogP contribution in [0.15, 0.2) is 18.2 Å². The van der Waals surface area contributed by atoms with Gasteiger partial charge in [0, 0.05) is 6.54 Å². The molecule has 0 atom stereocenters. The number of benzene rings is 1. The van der Waals surface area contributed by atoms with Crippen LogP contribution >= 0.6 is 0 Å². The van der Waals surface area contributed by atoms with Crippen molar-refractivity contribution in [2.24, 2.45) is 0 Å². The van der Waals surface area contributed by atoms with E-state index >= 15 is 0 Å². The van der Waals surface area contributed by atoms with Crippen LogP contribution in [0.2, 0.25) is 0 Å². The van der Waals surface area contributed by atoms with E-state index in [0.29, 0.717) is 6.54 Å². The van der Waals surface area contributed by atoms with Crippen molar-refractivity contribution >= 4 is 5.91 Å². The van der Waals surface area contributed by atoms with E-state index in [9.17, 15) is 4.79 Å². The standard InChI is InChI=1S/C12H12N2O/c13-7-12(15)14-8-9-4-5-10-2-1-3-11(10)6-9/h4-6H,1-3,8H2,(H,14,15). The summed E-state index contributed by atoms with van der Waals surface area (Å²) in [6.07, 6.45) is 3.53. The smallest absolute Gasteiger partial charge is 0.322 e. The Balaban J connectivity index is 2.05. The van der Waals surface area contributed by atoms with Crippen molar-refractivity contribution in [3.8, 4) is 6.07 Å². The van der Waals surface area contributed by atoms with E-state index in [1.165, 1.54) is 30.0 Å². The molecule has 1 aliphatic carbocycles. The molecule has 1 amide bonds. The zero-order chi connectivity index (χ0) is 10.7. The van der Waals surface area contributed by atoms with E-state index in [0.717, 1.165) is 12.0 Å². The molecular weight excluding hydrogens is 188 g/mol. The highest BCUT2D eigenvalue weighted by molar-refractivity contribution is 5.91. The topological polar surface area (TPSA) is 52.9 Å². The maximum Gasteiger partial charge on any atom is 0.322 e. The zero-order valence-electron chi connectivity index (χ0n) is 8.42. The summed E-state index contributed by atoms with van der Waals surface area (Å²) in [5, 5.41) is 10.8. The van der Waals surface area contributed by atoms with Gasteiger partial charge in [0.2, 0.25) is 0 Å². The fourth-order valence-electron chi connectivity index (χ4n) is 1.96. The number of fused-ring (bicyclic) bond motifs is 1. The summed E-state index contributed by atoms with van der Waals surface area (Å²) in [7, 11) is 0. The molecule has 0 aliphatic heterocycles. The molecule has 1 aromatic rings. The third-order valence-electron chi connectivity index (χ3n) is 2.72. The van der Waals surface area contributed by atoms with Crippen LogP contribution in [0.4, 0.5) is 0 Å². The molecule has 1 N–H and O–H groups in total. The van der Waals surface area contributed by atoms with Gasteiger partial charge in [-0.15, -0.1) is 0 Å². The number of carbonyl (C=O) groups is 1. The monoisotopic (exact) mass is 200 g/mol. The lowest BCUT2D eigenvalue weighted by atomic mass is 10.1. The Kier molecular flexibility index (Phi) is 2.68. The first-order valence-electron chi connectivity index (χ1n) is 5.08. The molecular formula is C12H12N2O. The Hall–Kier alpha value is -1.82. The van der Waals surface area contributed by atoms with Gasteiger partial charge >= 0.3 is 5.91 Å². The molecule has 0 unspecified atom stereocenters. The van der Waals surface area contributed by atoms with Gasteiger partial charge in [0.05, 0.1) is 0 Å². The van der Waals surface area contributed by atoms with E-state index in [2.05, 4.69) is 17.4 Å². The SMILES string of the molecule is N#CC(=O)NCc1ccc2c(c1)CCC2. The molecule has 2 rings (SSSR count). The number of nitrogens with one attached hydrogen (secondary N) is 1. The molecule has 0 aromatic heterocycles. The second kappa shape index (κ2) is 4.14. The van der Waals surface area contributed by atoms with Crippen molar-refractivity contribution in [1.82, 2.24) is 5.32 Å². The maximum absolute atomic E-state index is 10.7. The molecule has 0 spiro atoms. The third kappa shape index (κ3) is 2.16. The van der Waals surface area contributed by atoms with Crippen molar-refractivity contribution in [2.75, 3.05) is 0 Å². The summed E-state index contributed by atoms with van der Waals surface area (Å²) >= 11 is 0. The van der Waals surface area contributed by atoms with Crippen molar-refractivity contribution in [3.63, 3.8) is 0 Å². The van der Waals surface area contributed by atoms with Crippen LogP contribution in [0.5, 0.6) is 0 Å². The molecule has 0 fully saturated rings. The van der Waals surface area contributed by atoms with Gasteiger partial charge in [-0.1, -0.05) is 18.2 Å². The van der Waals surface area contributed by atoms with E-state index in [4.69, 9.17) is 5.26 Å². The van der Waals surface area contributed by atoms with Gasteiger partial charge in [-0.3, -0.25) is 4.79 Å². The van der Waals surface area contributed by atoms with Crippen molar-refractivity contribution in [3.05, 3.63) is 34.9 Å². The number of hydrogen-bond acceptors (Lipinski definition) is 2. The van der Waals surface area contributed by atoms with Crippen LogP contribution in [0.3, 0.4) is 0 Å². The first-order chi connectivity index (χ1) is 7.29. The van der Waals surface area contributed by atoms with Gasteiger partial charge in [-0.05, 0) is 36.0 Å². The first-order valence-corrected chi connectivity index (χ1v) is 5.08. The normalized spacial score (nSPS) is 13.0. The largest absolute Gasteiger partial charge is 0.339 e. The summed E-state index contributed by atoms with van der Waals surface area (Å²) in [4.78, 5) is 10.7. The maximum atomic E-state index is 10.7. The van der Waals surface area contributed by atoms with Crippen LogP contribution in [0, 0.1) is 11.3 Å². The molecule has 15 heavy (non-hydrogen) atoms. The van der Waals surface area contributed by atoms with Crippen LogP contribution in [-0.4, -0.2) is 5.91 Å². The predicted molar refractivity (Wildman–Crippen MR) is 55.9 cm³/mol. The molecule has 3 nitrogen and oxygen atoms in total. The quantitative estimate of drug-likeness (QED) is 0.732. The highest BCUT2D eigenvalue weighted by atomic mass is 16.1. The summed E-state index contributed by atoms with van der Waals surface area (Å²) in [5.74, 6) is -0.574. The van der Waals surface area contributed by atoms with Gasteiger partial charge in [0.15, 0.2) is 6.07 Å².